The summed E-state index contributed by atoms with van der Waals surface area (Å²) in [5.74, 6) is -0.233. The molecule has 4 rings (SSSR count). The minimum atomic E-state index is -0.997. The summed E-state index contributed by atoms with van der Waals surface area (Å²) in [5, 5.41) is 5.72. The van der Waals surface area contributed by atoms with Crippen LogP contribution in [0, 0.1) is 0 Å². The van der Waals surface area contributed by atoms with Crippen molar-refractivity contribution in [2.24, 2.45) is 0 Å². The van der Waals surface area contributed by atoms with Crippen LogP contribution < -0.4 is 5.32 Å². The molecule has 3 aromatic rings. The van der Waals surface area contributed by atoms with Crippen molar-refractivity contribution >= 4 is 34.2 Å². The van der Waals surface area contributed by atoms with Crippen molar-refractivity contribution < 1.29 is 9.59 Å². The number of rotatable bonds is 3. The second-order valence-corrected chi connectivity index (χ2v) is 6.86. The third-order valence-corrected chi connectivity index (χ3v) is 5.43. The largest absolute Gasteiger partial charge is 0.325 e. The molecule has 1 N–H and O–H groups in total. The third kappa shape index (κ3) is 2.18. The van der Waals surface area contributed by atoms with Gasteiger partial charge in [0.2, 0.25) is 0 Å². The molecule has 1 saturated heterocycles. The van der Waals surface area contributed by atoms with Gasteiger partial charge in [0, 0.05) is 16.5 Å². The highest BCUT2D eigenvalue weighted by Gasteiger charge is 2.49. The van der Waals surface area contributed by atoms with Crippen LogP contribution in [0.2, 0.25) is 0 Å². The topological polar surface area (TPSA) is 62.3 Å². The number of pyridine rings is 1. The van der Waals surface area contributed by atoms with Gasteiger partial charge in [-0.15, -0.1) is 11.3 Å². The molecular weight excluding hydrogens is 322 g/mol. The highest BCUT2D eigenvalue weighted by Crippen LogP contribution is 2.33. The van der Waals surface area contributed by atoms with Crippen molar-refractivity contribution in [2.75, 3.05) is 0 Å². The van der Waals surface area contributed by atoms with E-state index in [0.29, 0.717) is 0 Å². The quantitative estimate of drug-likeness (QED) is 0.746. The molecule has 1 atom stereocenters. The minimum Gasteiger partial charge on any atom is -0.319 e. The predicted octanol–water partition coefficient (Wildman–Crippen LogP) is 3.26. The van der Waals surface area contributed by atoms with E-state index in [0.717, 1.165) is 21.3 Å². The van der Waals surface area contributed by atoms with Gasteiger partial charge in [0.15, 0.2) is 5.54 Å². The molecule has 1 aliphatic rings. The molecule has 24 heavy (non-hydrogen) atoms. The van der Waals surface area contributed by atoms with Gasteiger partial charge in [0.25, 0.3) is 5.91 Å². The molecule has 0 saturated carbocycles. The Labute approximate surface area is 142 Å². The molecule has 3 amide bonds. The first-order chi connectivity index (χ1) is 11.6. The summed E-state index contributed by atoms with van der Waals surface area (Å²) < 4.78 is 0. The Morgan fingerprint density at radius 1 is 1.17 bits per heavy atom. The molecule has 0 aliphatic carbocycles. The molecule has 0 spiro atoms. The van der Waals surface area contributed by atoms with E-state index >= 15 is 0 Å². The number of fused-ring (bicyclic) bond motifs is 1. The van der Waals surface area contributed by atoms with Gasteiger partial charge >= 0.3 is 6.03 Å². The molecule has 0 radical (unpaired) electrons. The van der Waals surface area contributed by atoms with Crippen LogP contribution >= 0.6 is 11.3 Å². The number of thiophene rings is 1. The van der Waals surface area contributed by atoms with E-state index < -0.39 is 5.54 Å². The van der Waals surface area contributed by atoms with Crippen molar-refractivity contribution in [3.63, 3.8) is 0 Å². The van der Waals surface area contributed by atoms with Crippen LogP contribution in [-0.4, -0.2) is 21.8 Å². The van der Waals surface area contributed by atoms with Gasteiger partial charge in [-0.3, -0.25) is 14.7 Å². The van der Waals surface area contributed by atoms with Crippen LogP contribution in [-0.2, 0) is 16.9 Å². The highest BCUT2D eigenvalue weighted by atomic mass is 32.1. The first kappa shape index (κ1) is 14.8. The van der Waals surface area contributed by atoms with Gasteiger partial charge < -0.3 is 5.32 Å². The fourth-order valence-corrected chi connectivity index (χ4v) is 3.87. The summed E-state index contributed by atoms with van der Waals surface area (Å²) in [6.45, 7) is 1.96. The number of nitrogens with one attached hydrogen (secondary N) is 1. The number of urea groups is 1. The molecule has 2 aromatic heterocycles. The normalized spacial score (nSPS) is 20.6. The molecule has 3 heterocycles. The second-order valence-electron chi connectivity index (χ2n) is 5.92. The average Bonchev–Trinajstić information content (AvgIpc) is 3.20. The predicted molar refractivity (Wildman–Crippen MR) is 92.5 cm³/mol. The monoisotopic (exact) mass is 337 g/mol. The van der Waals surface area contributed by atoms with Gasteiger partial charge in [-0.25, -0.2) is 4.79 Å². The summed E-state index contributed by atoms with van der Waals surface area (Å²) in [4.78, 5) is 31.8. The van der Waals surface area contributed by atoms with E-state index in [2.05, 4.69) is 10.3 Å². The summed E-state index contributed by atoms with van der Waals surface area (Å²) in [5.41, 5.74) is 0.667. The van der Waals surface area contributed by atoms with Gasteiger partial charge in [0.05, 0.1) is 12.1 Å². The summed E-state index contributed by atoms with van der Waals surface area (Å²) >= 11 is 1.46. The van der Waals surface area contributed by atoms with E-state index in [1.165, 1.54) is 16.2 Å². The van der Waals surface area contributed by atoms with Crippen LogP contribution in [0.5, 0.6) is 0 Å². The molecule has 1 unspecified atom stereocenters. The lowest BCUT2D eigenvalue weighted by Crippen LogP contribution is -2.40. The third-order valence-electron chi connectivity index (χ3n) is 4.33. The number of para-hydroxylation sites is 1. The lowest BCUT2D eigenvalue weighted by atomic mass is 10.0. The number of nitrogens with zero attached hydrogens (tertiary/aromatic N) is 2. The lowest BCUT2D eigenvalue weighted by molar-refractivity contribution is -0.131. The van der Waals surface area contributed by atoms with Gasteiger partial charge in [-0.2, -0.15) is 0 Å². The Bertz CT molecular complexity index is 933. The van der Waals surface area contributed by atoms with E-state index in [-0.39, 0.29) is 18.5 Å². The summed E-state index contributed by atoms with van der Waals surface area (Å²) in [7, 11) is 0. The zero-order chi connectivity index (χ0) is 16.7. The number of amides is 3. The van der Waals surface area contributed by atoms with Crippen LogP contribution in [0.15, 0.2) is 54.0 Å². The number of benzene rings is 1. The number of imide groups is 1. The highest BCUT2D eigenvalue weighted by molar-refractivity contribution is 7.10. The minimum absolute atomic E-state index is 0.208. The van der Waals surface area contributed by atoms with Gasteiger partial charge in [-0.1, -0.05) is 30.3 Å². The maximum Gasteiger partial charge on any atom is 0.325 e. The summed E-state index contributed by atoms with van der Waals surface area (Å²) in [6, 6.07) is 13.0. The Morgan fingerprint density at radius 2 is 2.00 bits per heavy atom. The SMILES string of the molecule is CC1(c2cccs2)NC(=O)N(Cc2cccc3cccnc23)C1=O. The van der Waals surface area contributed by atoms with Crippen molar-refractivity contribution in [3.8, 4) is 0 Å². The first-order valence-electron chi connectivity index (χ1n) is 7.60. The van der Waals surface area contributed by atoms with Crippen molar-refractivity contribution in [3.05, 3.63) is 64.5 Å². The fraction of sp³-hybridized carbons (Fsp3) is 0.167. The number of carbonyl (C=O) groups excluding carboxylic acids is 2. The van der Waals surface area contributed by atoms with Crippen molar-refractivity contribution in [1.82, 2.24) is 15.2 Å². The van der Waals surface area contributed by atoms with Gasteiger partial charge in [-0.05, 0) is 30.0 Å². The van der Waals surface area contributed by atoms with Crippen LogP contribution in [0.1, 0.15) is 17.4 Å². The summed E-state index contributed by atoms with van der Waals surface area (Å²) in [6.07, 6.45) is 1.72. The number of carbonyl (C=O) groups is 2. The molecule has 0 bridgehead atoms. The van der Waals surface area contributed by atoms with Crippen LogP contribution in [0.4, 0.5) is 4.79 Å². The van der Waals surface area contributed by atoms with E-state index in [4.69, 9.17) is 0 Å². The molecule has 120 valence electrons. The average molecular weight is 337 g/mol. The number of hydrogen-bond acceptors (Lipinski definition) is 4. The first-order valence-corrected chi connectivity index (χ1v) is 8.48. The van der Waals surface area contributed by atoms with E-state index in [1.807, 2.05) is 47.8 Å². The molecule has 1 aromatic carbocycles. The maximum atomic E-state index is 12.9. The smallest absolute Gasteiger partial charge is 0.319 e. The molecule has 6 heteroatoms. The lowest BCUT2D eigenvalue weighted by Gasteiger charge is -2.20. The molecule has 1 aliphatic heterocycles. The standard InChI is InChI=1S/C18H15N3O2S/c1-18(14-8-4-10-24-14)16(22)21(17(23)20-18)11-13-6-2-5-12-7-3-9-19-15(12)13/h2-10H,11H2,1H3,(H,20,23). The molecule has 5 nitrogen and oxygen atoms in total. The van der Waals surface area contributed by atoms with E-state index in [1.54, 1.807) is 13.1 Å². The second kappa shape index (κ2) is 5.42. The Kier molecular flexibility index (Phi) is 3.35. The Balaban J connectivity index is 1.70. The van der Waals surface area contributed by atoms with Crippen molar-refractivity contribution in [2.45, 2.75) is 19.0 Å². The fourth-order valence-electron chi connectivity index (χ4n) is 3.04. The Morgan fingerprint density at radius 3 is 2.79 bits per heavy atom. The Hall–Kier alpha value is -2.73. The number of aromatic nitrogens is 1. The van der Waals surface area contributed by atoms with Crippen LogP contribution in [0.25, 0.3) is 10.9 Å². The maximum absolute atomic E-state index is 12.9. The van der Waals surface area contributed by atoms with E-state index in [9.17, 15) is 9.59 Å². The van der Waals surface area contributed by atoms with Crippen LogP contribution in [0.3, 0.4) is 0 Å². The van der Waals surface area contributed by atoms with Gasteiger partial charge in [0.1, 0.15) is 0 Å². The zero-order valence-electron chi connectivity index (χ0n) is 13.0. The van der Waals surface area contributed by atoms with Crippen molar-refractivity contribution in [1.29, 1.82) is 0 Å². The molecule has 1 fully saturated rings. The molecular formula is C18H15N3O2S. The zero-order valence-corrected chi connectivity index (χ0v) is 13.8. The number of hydrogen-bond donors (Lipinski definition) is 1.